The molecule has 138 valence electrons. The maximum Gasteiger partial charge on any atom is 0.248 e. The van der Waals surface area contributed by atoms with Crippen LogP contribution in [0.1, 0.15) is 22.3 Å². The highest BCUT2D eigenvalue weighted by molar-refractivity contribution is 5.92. The minimum Gasteiger partial charge on any atom is -0.366 e. The van der Waals surface area contributed by atoms with Crippen LogP contribution in [0, 0.1) is 5.92 Å². The van der Waals surface area contributed by atoms with Crippen LogP contribution < -0.4 is 5.73 Å². The molecule has 1 saturated heterocycles. The Morgan fingerprint density at radius 1 is 1.07 bits per heavy atom. The summed E-state index contributed by atoms with van der Waals surface area (Å²) in [7, 11) is 0. The minimum atomic E-state index is -0.417. The standard InChI is InChI=1S/C20H21N5O2/c21-20(27)16-5-3-4-14(11-16)10-15-8-9-24(12-15)19(26)13-25-22-17-6-1-2-7-18(17)23-25/h1-7,11,15H,8-10,12-13H2,(H2,21,27)/t15-/m1/s1. The molecule has 1 aliphatic heterocycles. The average molecular weight is 363 g/mol. The number of likely N-dealkylation sites (tertiary alicyclic amines) is 1. The highest BCUT2D eigenvalue weighted by Gasteiger charge is 2.27. The minimum absolute atomic E-state index is 0.0312. The average Bonchev–Trinajstić information content (AvgIpc) is 3.28. The van der Waals surface area contributed by atoms with Crippen LogP contribution in [0.15, 0.2) is 48.5 Å². The van der Waals surface area contributed by atoms with E-state index < -0.39 is 5.91 Å². The van der Waals surface area contributed by atoms with Gasteiger partial charge in [0, 0.05) is 18.7 Å². The second-order valence-corrected chi connectivity index (χ2v) is 6.98. The Hall–Kier alpha value is -3.22. The smallest absolute Gasteiger partial charge is 0.248 e. The number of rotatable bonds is 5. The summed E-state index contributed by atoms with van der Waals surface area (Å²) in [4.78, 5) is 27.3. The first kappa shape index (κ1) is 17.2. The normalized spacial score (nSPS) is 16.7. The van der Waals surface area contributed by atoms with Crippen molar-refractivity contribution < 1.29 is 9.59 Å². The van der Waals surface area contributed by atoms with Gasteiger partial charge in [-0.2, -0.15) is 15.0 Å². The number of nitrogens with zero attached hydrogens (tertiary/aromatic N) is 4. The summed E-state index contributed by atoms with van der Waals surface area (Å²) in [5.74, 6) is -0.00962. The molecule has 2 heterocycles. The van der Waals surface area contributed by atoms with Crippen LogP contribution in [0.25, 0.3) is 11.0 Å². The molecule has 0 bridgehead atoms. The predicted molar refractivity (Wildman–Crippen MR) is 101 cm³/mol. The number of benzene rings is 2. The van der Waals surface area contributed by atoms with Crippen molar-refractivity contribution >= 4 is 22.8 Å². The summed E-state index contributed by atoms with van der Waals surface area (Å²) in [6.07, 6.45) is 1.77. The molecule has 0 radical (unpaired) electrons. The molecule has 0 spiro atoms. The number of amides is 2. The van der Waals surface area contributed by atoms with E-state index in [4.69, 9.17) is 5.73 Å². The first-order valence-corrected chi connectivity index (χ1v) is 9.05. The topological polar surface area (TPSA) is 94.1 Å². The summed E-state index contributed by atoms with van der Waals surface area (Å²) < 4.78 is 0. The van der Waals surface area contributed by atoms with Gasteiger partial charge in [-0.15, -0.1) is 0 Å². The van der Waals surface area contributed by atoms with Crippen molar-refractivity contribution in [3.63, 3.8) is 0 Å². The SMILES string of the molecule is NC(=O)c1cccc(C[C@H]2CCN(C(=O)Cn3nc4ccccc4n3)C2)c1. The van der Waals surface area contributed by atoms with E-state index in [1.165, 1.54) is 4.80 Å². The second-order valence-electron chi connectivity index (χ2n) is 6.98. The van der Waals surface area contributed by atoms with Gasteiger partial charge in [0.05, 0.1) is 0 Å². The van der Waals surface area contributed by atoms with Gasteiger partial charge in [0.25, 0.3) is 0 Å². The zero-order valence-electron chi connectivity index (χ0n) is 14.9. The van der Waals surface area contributed by atoms with Gasteiger partial charge in [0.2, 0.25) is 11.8 Å². The fourth-order valence-corrected chi connectivity index (χ4v) is 3.61. The molecule has 4 rings (SSSR count). The lowest BCUT2D eigenvalue weighted by molar-refractivity contribution is -0.131. The van der Waals surface area contributed by atoms with Gasteiger partial charge in [-0.05, 0) is 48.6 Å². The third-order valence-corrected chi connectivity index (χ3v) is 4.98. The number of nitrogens with two attached hydrogens (primary N) is 1. The molecule has 0 unspecified atom stereocenters. The van der Waals surface area contributed by atoms with Gasteiger partial charge in [-0.3, -0.25) is 9.59 Å². The summed E-state index contributed by atoms with van der Waals surface area (Å²) in [6.45, 7) is 1.60. The van der Waals surface area contributed by atoms with Crippen LogP contribution in [0.4, 0.5) is 0 Å². The van der Waals surface area contributed by atoms with Crippen LogP contribution in [-0.2, 0) is 17.8 Å². The van der Waals surface area contributed by atoms with Gasteiger partial charge in [-0.1, -0.05) is 24.3 Å². The van der Waals surface area contributed by atoms with Gasteiger partial charge < -0.3 is 10.6 Å². The van der Waals surface area contributed by atoms with Crippen LogP contribution in [0.2, 0.25) is 0 Å². The molecule has 1 fully saturated rings. The van der Waals surface area contributed by atoms with Crippen LogP contribution in [0.3, 0.4) is 0 Å². The van der Waals surface area contributed by atoms with Crippen LogP contribution in [-0.4, -0.2) is 44.8 Å². The summed E-state index contributed by atoms with van der Waals surface area (Å²) in [5.41, 5.74) is 8.53. The molecule has 0 aliphatic carbocycles. The summed E-state index contributed by atoms with van der Waals surface area (Å²) in [6, 6.07) is 15.0. The van der Waals surface area contributed by atoms with E-state index in [2.05, 4.69) is 10.2 Å². The molecule has 7 nitrogen and oxygen atoms in total. The van der Waals surface area contributed by atoms with Gasteiger partial charge in [0.1, 0.15) is 17.6 Å². The Bertz CT molecular complexity index is 964. The number of hydrogen-bond acceptors (Lipinski definition) is 4. The Balaban J connectivity index is 1.36. The molecule has 1 aromatic heterocycles. The molecule has 1 atom stereocenters. The van der Waals surface area contributed by atoms with E-state index in [-0.39, 0.29) is 12.5 Å². The number of hydrogen-bond donors (Lipinski definition) is 1. The van der Waals surface area contributed by atoms with Crippen molar-refractivity contribution in [1.29, 1.82) is 0 Å². The second kappa shape index (κ2) is 7.19. The first-order chi connectivity index (χ1) is 13.1. The lowest BCUT2D eigenvalue weighted by Gasteiger charge is -2.16. The quantitative estimate of drug-likeness (QED) is 0.745. The number of carbonyl (C=O) groups is 2. The highest BCUT2D eigenvalue weighted by Crippen LogP contribution is 2.22. The molecule has 2 amide bonds. The van der Waals surface area contributed by atoms with Crippen molar-refractivity contribution in [1.82, 2.24) is 19.9 Å². The fraction of sp³-hybridized carbons (Fsp3) is 0.300. The number of fused-ring (bicyclic) bond motifs is 1. The zero-order chi connectivity index (χ0) is 18.8. The van der Waals surface area contributed by atoms with E-state index in [9.17, 15) is 9.59 Å². The van der Waals surface area contributed by atoms with Crippen molar-refractivity contribution in [2.24, 2.45) is 11.7 Å². The summed E-state index contributed by atoms with van der Waals surface area (Å²) in [5, 5.41) is 8.70. The fourth-order valence-electron chi connectivity index (χ4n) is 3.61. The van der Waals surface area contributed by atoms with Gasteiger partial charge in [0.15, 0.2) is 0 Å². The maximum absolute atomic E-state index is 12.6. The van der Waals surface area contributed by atoms with Gasteiger partial charge in [-0.25, -0.2) is 0 Å². The van der Waals surface area contributed by atoms with Crippen molar-refractivity contribution in [2.75, 3.05) is 13.1 Å². The molecule has 7 heteroatoms. The third kappa shape index (κ3) is 3.81. The molecule has 0 saturated carbocycles. The van der Waals surface area contributed by atoms with E-state index in [0.29, 0.717) is 18.0 Å². The third-order valence-electron chi connectivity index (χ3n) is 4.98. The number of aromatic nitrogens is 3. The van der Waals surface area contributed by atoms with Crippen LogP contribution in [0.5, 0.6) is 0 Å². The molecule has 27 heavy (non-hydrogen) atoms. The summed E-state index contributed by atoms with van der Waals surface area (Å²) >= 11 is 0. The Morgan fingerprint density at radius 3 is 2.52 bits per heavy atom. The largest absolute Gasteiger partial charge is 0.366 e. The van der Waals surface area contributed by atoms with Crippen LogP contribution >= 0.6 is 0 Å². The van der Waals surface area contributed by atoms with E-state index in [0.717, 1.165) is 36.0 Å². The molecule has 2 aromatic carbocycles. The molecular weight excluding hydrogens is 342 g/mol. The number of carbonyl (C=O) groups excluding carboxylic acids is 2. The highest BCUT2D eigenvalue weighted by atomic mass is 16.2. The van der Waals surface area contributed by atoms with Gasteiger partial charge >= 0.3 is 0 Å². The molecule has 2 N–H and O–H groups in total. The predicted octanol–water partition coefficient (Wildman–Crippen LogP) is 1.62. The van der Waals surface area contributed by atoms with E-state index >= 15 is 0 Å². The molecular formula is C20H21N5O2. The molecule has 1 aliphatic rings. The zero-order valence-corrected chi connectivity index (χ0v) is 14.9. The lowest BCUT2D eigenvalue weighted by Crippen LogP contribution is -2.32. The monoisotopic (exact) mass is 363 g/mol. The van der Waals surface area contributed by atoms with Crippen molar-refractivity contribution in [3.05, 3.63) is 59.7 Å². The Morgan fingerprint density at radius 2 is 1.81 bits per heavy atom. The Kier molecular flexibility index (Phi) is 4.58. The maximum atomic E-state index is 12.6. The van der Waals surface area contributed by atoms with Crippen molar-refractivity contribution in [2.45, 2.75) is 19.4 Å². The van der Waals surface area contributed by atoms with E-state index in [1.54, 1.807) is 6.07 Å². The van der Waals surface area contributed by atoms with Crippen molar-refractivity contribution in [3.8, 4) is 0 Å². The first-order valence-electron chi connectivity index (χ1n) is 9.05. The van der Waals surface area contributed by atoms with E-state index in [1.807, 2.05) is 47.4 Å². The lowest BCUT2D eigenvalue weighted by atomic mass is 9.97. The molecule has 3 aromatic rings. The Labute approximate surface area is 156 Å². The number of primary amides is 1.